The molecule has 1 fully saturated rings. The number of aliphatic carboxylic acids is 1. The molecule has 8 nitrogen and oxygen atoms in total. The number of methoxy groups -OCH3 is 1. The number of carbonyl (C=O) groups is 2. The SMILES string of the molecule is COc1ccccc1C(C)OC(=O)Nc1c(C)nn(C)c1-c1ccc(-c2ccc(C3(C(=O)O)CC3)cc2)cc1. The fourth-order valence-electron chi connectivity index (χ4n) is 5.05. The van der Waals surface area contributed by atoms with E-state index in [1.165, 1.54) is 0 Å². The molecule has 1 amide bonds. The van der Waals surface area contributed by atoms with Gasteiger partial charge in [0, 0.05) is 18.2 Å². The lowest BCUT2D eigenvalue weighted by molar-refractivity contribution is -0.140. The summed E-state index contributed by atoms with van der Waals surface area (Å²) < 4.78 is 12.8. The summed E-state index contributed by atoms with van der Waals surface area (Å²) in [6, 6.07) is 23.1. The van der Waals surface area contributed by atoms with Crippen LogP contribution in [0, 0.1) is 6.92 Å². The number of hydrogen-bond donors (Lipinski definition) is 2. The summed E-state index contributed by atoms with van der Waals surface area (Å²) in [5.74, 6) is -0.103. The molecule has 8 heteroatoms. The van der Waals surface area contributed by atoms with Gasteiger partial charge in [0.2, 0.25) is 0 Å². The molecular weight excluding hydrogens is 494 g/mol. The van der Waals surface area contributed by atoms with Gasteiger partial charge < -0.3 is 14.6 Å². The van der Waals surface area contributed by atoms with E-state index in [0.717, 1.165) is 33.5 Å². The van der Waals surface area contributed by atoms with E-state index in [1.54, 1.807) is 18.7 Å². The molecule has 0 aliphatic heterocycles. The molecule has 0 spiro atoms. The Morgan fingerprint density at radius 1 is 0.974 bits per heavy atom. The van der Waals surface area contributed by atoms with Crippen molar-refractivity contribution in [2.24, 2.45) is 7.05 Å². The first kappa shape index (κ1) is 26.0. The summed E-state index contributed by atoms with van der Waals surface area (Å²) in [6.07, 6.45) is 0.267. The molecule has 0 radical (unpaired) electrons. The van der Waals surface area contributed by atoms with Crippen LogP contribution in [-0.4, -0.2) is 34.1 Å². The zero-order valence-electron chi connectivity index (χ0n) is 22.4. The van der Waals surface area contributed by atoms with Gasteiger partial charge in [0.25, 0.3) is 0 Å². The lowest BCUT2D eigenvalue weighted by Gasteiger charge is -2.17. The van der Waals surface area contributed by atoms with Crippen LogP contribution in [-0.2, 0) is 22.0 Å². The van der Waals surface area contributed by atoms with Crippen LogP contribution >= 0.6 is 0 Å². The Labute approximate surface area is 227 Å². The van der Waals surface area contributed by atoms with Gasteiger partial charge in [-0.15, -0.1) is 0 Å². The molecule has 200 valence electrons. The molecule has 0 saturated heterocycles. The van der Waals surface area contributed by atoms with E-state index in [0.29, 0.717) is 30.0 Å². The predicted octanol–water partition coefficient (Wildman–Crippen LogP) is 6.50. The van der Waals surface area contributed by atoms with Crippen LogP contribution in [0.4, 0.5) is 10.5 Å². The molecule has 5 rings (SSSR count). The van der Waals surface area contributed by atoms with Gasteiger partial charge in [-0.1, -0.05) is 66.7 Å². The van der Waals surface area contributed by atoms with Gasteiger partial charge in [-0.2, -0.15) is 5.10 Å². The molecule has 0 bridgehead atoms. The van der Waals surface area contributed by atoms with Crippen molar-refractivity contribution in [3.63, 3.8) is 0 Å². The molecule has 1 aliphatic carbocycles. The minimum absolute atomic E-state index is 0.516. The van der Waals surface area contributed by atoms with Gasteiger partial charge >= 0.3 is 12.1 Å². The lowest BCUT2D eigenvalue weighted by atomic mass is 9.93. The molecule has 1 saturated carbocycles. The minimum Gasteiger partial charge on any atom is -0.496 e. The number of benzene rings is 3. The zero-order valence-corrected chi connectivity index (χ0v) is 22.4. The van der Waals surface area contributed by atoms with Crippen LogP contribution in [0.5, 0.6) is 5.75 Å². The molecule has 1 aromatic heterocycles. The average molecular weight is 526 g/mol. The third kappa shape index (κ3) is 4.97. The highest BCUT2D eigenvalue weighted by Gasteiger charge is 2.51. The van der Waals surface area contributed by atoms with Gasteiger partial charge in [-0.3, -0.25) is 14.8 Å². The predicted molar refractivity (Wildman–Crippen MR) is 149 cm³/mol. The minimum atomic E-state index is -0.756. The number of anilines is 1. The largest absolute Gasteiger partial charge is 0.496 e. The lowest BCUT2D eigenvalue weighted by Crippen LogP contribution is -2.19. The fraction of sp³-hybridized carbons (Fsp3) is 0.258. The molecule has 1 atom stereocenters. The summed E-state index contributed by atoms with van der Waals surface area (Å²) >= 11 is 0. The third-order valence-corrected chi connectivity index (χ3v) is 7.40. The first-order valence-electron chi connectivity index (χ1n) is 12.8. The second kappa shape index (κ2) is 10.3. The Morgan fingerprint density at radius 3 is 2.15 bits per heavy atom. The Hall–Kier alpha value is -4.59. The summed E-state index contributed by atoms with van der Waals surface area (Å²) in [7, 11) is 3.42. The maximum atomic E-state index is 12.9. The number of ether oxygens (including phenoxy) is 2. The zero-order chi connectivity index (χ0) is 27.7. The molecule has 3 aromatic carbocycles. The topological polar surface area (TPSA) is 103 Å². The Morgan fingerprint density at radius 2 is 1.56 bits per heavy atom. The van der Waals surface area contributed by atoms with Crippen LogP contribution in [0.25, 0.3) is 22.4 Å². The van der Waals surface area contributed by atoms with E-state index in [2.05, 4.69) is 10.4 Å². The van der Waals surface area contributed by atoms with E-state index in [1.807, 2.05) is 86.8 Å². The number of rotatable bonds is 8. The quantitative estimate of drug-likeness (QED) is 0.272. The van der Waals surface area contributed by atoms with E-state index in [9.17, 15) is 14.7 Å². The average Bonchev–Trinajstić information content (AvgIpc) is 3.70. The van der Waals surface area contributed by atoms with Crippen molar-refractivity contribution in [1.82, 2.24) is 9.78 Å². The molecule has 4 aromatic rings. The maximum absolute atomic E-state index is 12.9. The van der Waals surface area contributed by atoms with E-state index >= 15 is 0 Å². The highest BCUT2D eigenvalue weighted by atomic mass is 16.6. The van der Waals surface area contributed by atoms with Crippen LogP contribution in [0.15, 0.2) is 72.8 Å². The number of nitrogens with one attached hydrogen (secondary N) is 1. The van der Waals surface area contributed by atoms with Crippen molar-refractivity contribution in [1.29, 1.82) is 0 Å². The molecular formula is C31H31N3O5. The monoisotopic (exact) mass is 525 g/mol. The second-order valence-corrected chi connectivity index (χ2v) is 9.89. The summed E-state index contributed by atoms with van der Waals surface area (Å²) in [5, 5.41) is 17.0. The number of para-hydroxylation sites is 1. The van der Waals surface area contributed by atoms with Gasteiger partial charge in [0.05, 0.1) is 29.6 Å². The van der Waals surface area contributed by atoms with Crippen molar-refractivity contribution in [2.75, 3.05) is 12.4 Å². The summed E-state index contributed by atoms with van der Waals surface area (Å²) in [5.41, 5.74) is 5.80. The van der Waals surface area contributed by atoms with Gasteiger partial charge in [-0.25, -0.2) is 4.79 Å². The number of hydrogen-bond acceptors (Lipinski definition) is 5. The molecule has 1 heterocycles. The first-order chi connectivity index (χ1) is 18.7. The van der Waals surface area contributed by atoms with Crippen LogP contribution in [0.3, 0.4) is 0 Å². The van der Waals surface area contributed by atoms with Crippen LogP contribution in [0.1, 0.15) is 42.7 Å². The second-order valence-electron chi connectivity index (χ2n) is 9.89. The highest BCUT2D eigenvalue weighted by Crippen LogP contribution is 2.48. The number of carboxylic acid groups (broad SMARTS) is 1. The number of nitrogens with zero attached hydrogens (tertiary/aromatic N) is 2. The van der Waals surface area contributed by atoms with Crippen molar-refractivity contribution in [3.8, 4) is 28.1 Å². The summed E-state index contributed by atoms with van der Waals surface area (Å²) in [4.78, 5) is 24.5. The number of aromatic nitrogens is 2. The standard InChI is InChI=1S/C31H31N3O5/c1-19-27(32-30(37)39-20(2)25-7-5-6-8-26(25)38-4)28(34(3)33-19)23-11-9-21(10-12-23)22-13-15-24(16-14-22)31(17-18-31)29(35)36/h5-16,20H,17-18H2,1-4H3,(H,32,37)(H,35,36). The van der Waals surface area contributed by atoms with Crippen LogP contribution in [0.2, 0.25) is 0 Å². The van der Waals surface area contributed by atoms with Gasteiger partial charge in [0.15, 0.2) is 0 Å². The highest BCUT2D eigenvalue weighted by molar-refractivity contribution is 5.92. The Kier molecular flexibility index (Phi) is 6.87. The summed E-state index contributed by atoms with van der Waals surface area (Å²) in [6.45, 7) is 3.63. The van der Waals surface area contributed by atoms with Gasteiger partial charge in [0.1, 0.15) is 11.9 Å². The van der Waals surface area contributed by atoms with Crippen molar-refractivity contribution < 1.29 is 24.2 Å². The molecule has 1 unspecified atom stereocenters. The van der Waals surface area contributed by atoms with Crippen molar-refractivity contribution in [3.05, 3.63) is 89.6 Å². The third-order valence-electron chi connectivity index (χ3n) is 7.40. The van der Waals surface area contributed by atoms with Crippen LogP contribution < -0.4 is 10.1 Å². The number of carboxylic acids is 1. The fourth-order valence-corrected chi connectivity index (χ4v) is 5.05. The van der Waals surface area contributed by atoms with Crippen molar-refractivity contribution >= 4 is 17.7 Å². The van der Waals surface area contributed by atoms with Crippen molar-refractivity contribution in [2.45, 2.75) is 38.2 Å². The van der Waals surface area contributed by atoms with Gasteiger partial charge in [-0.05, 0) is 49.4 Å². The smallest absolute Gasteiger partial charge is 0.412 e. The Bertz CT molecular complexity index is 1520. The normalized spacial score (nSPS) is 14.4. The number of aryl methyl sites for hydroxylation is 2. The maximum Gasteiger partial charge on any atom is 0.412 e. The first-order valence-corrected chi connectivity index (χ1v) is 12.8. The van der Waals surface area contributed by atoms with E-state index in [-0.39, 0.29) is 0 Å². The number of carbonyl (C=O) groups excluding carboxylic acids is 1. The van der Waals surface area contributed by atoms with E-state index in [4.69, 9.17) is 9.47 Å². The molecule has 39 heavy (non-hydrogen) atoms. The molecule has 1 aliphatic rings. The molecule has 2 N–H and O–H groups in total. The number of amides is 1. The Balaban J connectivity index is 1.33. The van der Waals surface area contributed by atoms with E-state index < -0.39 is 23.6 Å².